The van der Waals surface area contributed by atoms with Crippen LogP contribution in [0.3, 0.4) is 0 Å². The minimum atomic E-state index is 0.308. The van der Waals surface area contributed by atoms with Crippen LogP contribution in [0.4, 0.5) is 5.69 Å². The molecule has 1 aromatic heterocycles. The average molecular weight is 358 g/mol. The molecule has 1 aliphatic rings. The normalized spacial score (nSPS) is 17.4. The molecule has 3 rings (SSSR count). The van der Waals surface area contributed by atoms with Gasteiger partial charge in [-0.25, -0.2) is 4.99 Å². The monoisotopic (exact) mass is 358 g/mol. The van der Waals surface area contributed by atoms with Gasteiger partial charge in [-0.15, -0.1) is 0 Å². The fourth-order valence-electron chi connectivity index (χ4n) is 3.05. The van der Waals surface area contributed by atoms with Crippen LogP contribution in [0.15, 0.2) is 33.8 Å². The second kappa shape index (κ2) is 8.55. The van der Waals surface area contributed by atoms with Crippen LogP contribution >= 0.6 is 0 Å². The lowest BCUT2D eigenvalue weighted by molar-refractivity contribution is 0.376. The maximum Gasteiger partial charge on any atom is 0.248 e. The van der Waals surface area contributed by atoms with Crippen molar-refractivity contribution in [3.05, 3.63) is 36.0 Å². The molecule has 2 heterocycles. The summed E-state index contributed by atoms with van der Waals surface area (Å²) in [5.74, 6) is 2.80. The molecule has 1 saturated heterocycles. The Labute approximate surface area is 153 Å². The maximum absolute atomic E-state index is 5.48. The number of anilines is 1. The van der Waals surface area contributed by atoms with E-state index in [2.05, 4.69) is 36.7 Å². The van der Waals surface area contributed by atoms with Crippen molar-refractivity contribution < 1.29 is 9.26 Å². The number of hydrogen-bond acceptors (Lipinski definition) is 6. The first-order chi connectivity index (χ1) is 12.7. The van der Waals surface area contributed by atoms with Gasteiger partial charge in [0.15, 0.2) is 11.8 Å². The Bertz CT molecular complexity index is 745. The van der Waals surface area contributed by atoms with Crippen molar-refractivity contribution in [2.75, 3.05) is 31.6 Å². The predicted octanol–water partition coefficient (Wildman–Crippen LogP) is 1.72. The molecule has 0 spiro atoms. The molecule has 0 saturated carbocycles. The summed E-state index contributed by atoms with van der Waals surface area (Å²) in [4.78, 5) is 11.1. The van der Waals surface area contributed by atoms with E-state index in [-0.39, 0.29) is 0 Å². The van der Waals surface area contributed by atoms with Crippen LogP contribution in [-0.4, -0.2) is 48.9 Å². The van der Waals surface area contributed by atoms with E-state index < -0.39 is 0 Å². The summed E-state index contributed by atoms with van der Waals surface area (Å²) in [7, 11) is 1.71. The third-order valence-corrected chi connectivity index (χ3v) is 4.24. The first kappa shape index (κ1) is 18.0. The molecular formula is C18H26N6O2. The maximum atomic E-state index is 5.48. The van der Waals surface area contributed by atoms with Gasteiger partial charge in [0, 0.05) is 25.7 Å². The topological polar surface area (TPSA) is 87.8 Å². The highest BCUT2D eigenvalue weighted by Gasteiger charge is 2.25. The number of rotatable bonds is 6. The van der Waals surface area contributed by atoms with Crippen LogP contribution in [-0.2, 0) is 6.54 Å². The van der Waals surface area contributed by atoms with Crippen molar-refractivity contribution >= 4 is 11.6 Å². The molecule has 0 bridgehead atoms. The molecule has 1 unspecified atom stereocenters. The van der Waals surface area contributed by atoms with Gasteiger partial charge in [0.1, 0.15) is 12.3 Å². The lowest BCUT2D eigenvalue weighted by Crippen LogP contribution is -2.44. The zero-order valence-corrected chi connectivity index (χ0v) is 15.5. The smallest absolute Gasteiger partial charge is 0.248 e. The number of aromatic nitrogens is 2. The van der Waals surface area contributed by atoms with Gasteiger partial charge in [-0.1, -0.05) is 17.3 Å². The number of ether oxygens (including phenoxy) is 1. The van der Waals surface area contributed by atoms with Crippen LogP contribution in [0.2, 0.25) is 0 Å². The Balaban J connectivity index is 1.61. The molecule has 1 atom stereocenters. The van der Waals surface area contributed by atoms with E-state index in [9.17, 15) is 0 Å². The second-order valence-electron chi connectivity index (χ2n) is 6.18. The molecule has 140 valence electrons. The van der Waals surface area contributed by atoms with Crippen LogP contribution in [0.5, 0.6) is 5.75 Å². The van der Waals surface area contributed by atoms with Crippen molar-refractivity contribution in [3.8, 4) is 5.75 Å². The number of nitrogens with zero attached hydrogens (tertiary/aromatic N) is 4. The number of aryl methyl sites for hydroxylation is 1. The summed E-state index contributed by atoms with van der Waals surface area (Å²) < 4.78 is 10.6. The van der Waals surface area contributed by atoms with Crippen molar-refractivity contribution in [3.63, 3.8) is 0 Å². The van der Waals surface area contributed by atoms with E-state index in [0.717, 1.165) is 43.5 Å². The number of hydrogen-bond donors (Lipinski definition) is 2. The van der Waals surface area contributed by atoms with Gasteiger partial charge in [0.2, 0.25) is 5.89 Å². The molecule has 2 aromatic rings. The van der Waals surface area contributed by atoms with Crippen LogP contribution in [0.1, 0.15) is 25.1 Å². The quantitative estimate of drug-likeness (QED) is 0.600. The van der Waals surface area contributed by atoms with Gasteiger partial charge in [-0.2, -0.15) is 4.98 Å². The largest absolute Gasteiger partial charge is 0.495 e. The highest BCUT2D eigenvalue weighted by Crippen LogP contribution is 2.30. The zero-order chi connectivity index (χ0) is 18.4. The van der Waals surface area contributed by atoms with Gasteiger partial charge in [-0.05, 0) is 32.4 Å². The van der Waals surface area contributed by atoms with Crippen molar-refractivity contribution in [2.45, 2.75) is 32.9 Å². The number of guanidine groups is 1. The summed E-state index contributed by atoms with van der Waals surface area (Å²) in [5, 5.41) is 10.6. The van der Waals surface area contributed by atoms with Gasteiger partial charge >= 0.3 is 0 Å². The third-order valence-electron chi connectivity index (χ3n) is 4.24. The lowest BCUT2D eigenvalue weighted by atomic mass is 10.2. The minimum absolute atomic E-state index is 0.308. The summed E-state index contributed by atoms with van der Waals surface area (Å²) in [6, 6.07) is 8.42. The highest BCUT2D eigenvalue weighted by atomic mass is 16.5. The first-order valence-corrected chi connectivity index (χ1v) is 8.91. The Kier molecular flexibility index (Phi) is 5.93. The second-order valence-corrected chi connectivity index (χ2v) is 6.18. The molecule has 0 amide bonds. The SMILES string of the molecule is CCNC(=NCc1nc(C)no1)NC1CCN(c2ccccc2OC)C1. The van der Waals surface area contributed by atoms with E-state index in [4.69, 9.17) is 9.26 Å². The molecule has 0 radical (unpaired) electrons. The number of methoxy groups -OCH3 is 1. The molecule has 8 nitrogen and oxygen atoms in total. The lowest BCUT2D eigenvalue weighted by Gasteiger charge is -2.22. The molecule has 8 heteroatoms. The zero-order valence-electron chi connectivity index (χ0n) is 15.5. The predicted molar refractivity (Wildman–Crippen MR) is 101 cm³/mol. The van der Waals surface area contributed by atoms with E-state index >= 15 is 0 Å². The summed E-state index contributed by atoms with van der Waals surface area (Å²) in [6.45, 7) is 6.86. The Morgan fingerprint density at radius 2 is 2.27 bits per heavy atom. The summed E-state index contributed by atoms with van der Waals surface area (Å²) in [6.07, 6.45) is 1.03. The molecule has 2 N–H and O–H groups in total. The van der Waals surface area contributed by atoms with E-state index in [1.807, 2.05) is 25.1 Å². The molecule has 1 aromatic carbocycles. The Morgan fingerprint density at radius 1 is 1.42 bits per heavy atom. The standard InChI is InChI=1S/C18H26N6O2/c1-4-19-18(20-11-17-21-13(2)23-26-17)22-14-9-10-24(12-14)15-7-5-6-8-16(15)25-3/h5-8,14H,4,9-12H2,1-3H3,(H2,19,20,22). The Morgan fingerprint density at radius 3 is 3.00 bits per heavy atom. The van der Waals surface area contributed by atoms with Gasteiger partial charge < -0.3 is 24.8 Å². The van der Waals surface area contributed by atoms with Crippen LogP contribution < -0.4 is 20.3 Å². The highest BCUT2D eigenvalue weighted by molar-refractivity contribution is 5.80. The third kappa shape index (κ3) is 4.44. The number of nitrogens with one attached hydrogen (secondary N) is 2. The van der Waals surface area contributed by atoms with E-state index in [1.54, 1.807) is 14.0 Å². The van der Waals surface area contributed by atoms with Gasteiger partial charge in [-0.3, -0.25) is 0 Å². The average Bonchev–Trinajstić information content (AvgIpc) is 3.29. The van der Waals surface area contributed by atoms with E-state index in [0.29, 0.717) is 24.3 Å². The minimum Gasteiger partial charge on any atom is -0.495 e. The molecule has 1 fully saturated rings. The molecular weight excluding hydrogens is 332 g/mol. The number of para-hydroxylation sites is 2. The summed E-state index contributed by atoms with van der Waals surface area (Å²) in [5.41, 5.74) is 1.13. The summed E-state index contributed by atoms with van der Waals surface area (Å²) >= 11 is 0. The van der Waals surface area contributed by atoms with Gasteiger partial charge in [0.25, 0.3) is 0 Å². The fraction of sp³-hybridized carbons (Fsp3) is 0.500. The molecule has 26 heavy (non-hydrogen) atoms. The molecule has 1 aliphatic heterocycles. The van der Waals surface area contributed by atoms with Crippen molar-refractivity contribution in [2.24, 2.45) is 4.99 Å². The van der Waals surface area contributed by atoms with Crippen molar-refractivity contribution in [1.82, 2.24) is 20.8 Å². The van der Waals surface area contributed by atoms with Crippen molar-refractivity contribution in [1.29, 1.82) is 0 Å². The Hall–Kier alpha value is -2.77. The number of benzene rings is 1. The first-order valence-electron chi connectivity index (χ1n) is 8.91. The fourth-order valence-corrected chi connectivity index (χ4v) is 3.05. The number of aliphatic imine (C=N–C) groups is 1. The van der Waals surface area contributed by atoms with Crippen LogP contribution in [0, 0.1) is 6.92 Å². The van der Waals surface area contributed by atoms with E-state index in [1.165, 1.54) is 0 Å². The molecule has 0 aliphatic carbocycles. The van der Waals surface area contributed by atoms with Gasteiger partial charge in [0.05, 0.1) is 12.8 Å². The van der Waals surface area contributed by atoms with Crippen LogP contribution in [0.25, 0.3) is 0 Å².